The predicted molar refractivity (Wildman–Crippen MR) is 67.2 cm³/mol. The molecular formula is C11H21N3OS. The van der Waals surface area contributed by atoms with Crippen molar-refractivity contribution < 1.29 is 4.55 Å². The van der Waals surface area contributed by atoms with Gasteiger partial charge in [0.25, 0.3) is 0 Å². The van der Waals surface area contributed by atoms with Crippen LogP contribution in [-0.4, -0.2) is 19.3 Å². The third kappa shape index (κ3) is 3.50. The van der Waals surface area contributed by atoms with Crippen molar-refractivity contribution >= 4 is 11.4 Å². The maximum absolute atomic E-state index is 12.0. The standard InChI is InChI=1S/C11H21N3OS/c1-8(2)10(9-6-12-7-13-9)14-16(15)11(3,4)5/h6-8,10,14H,1-5H3,(H,12,13)/t10?,16-/m0/s1. The SMILES string of the molecule is CC(C)C(N[S@@+]([O-])C(C)(C)C)c1c[nH]cn1. The van der Waals surface area contributed by atoms with Crippen molar-refractivity contribution in [3.8, 4) is 0 Å². The summed E-state index contributed by atoms with van der Waals surface area (Å²) in [6.45, 7) is 10.0. The molecule has 1 heterocycles. The van der Waals surface area contributed by atoms with E-state index in [9.17, 15) is 4.55 Å². The van der Waals surface area contributed by atoms with E-state index in [1.807, 2.05) is 27.0 Å². The molecule has 4 nitrogen and oxygen atoms in total. The number of rotatable bonds is 4. The van der Waals surface area contributed by atoms with Crippen LogP contribution in [0.15, 0.2) is 12.5 Å². The smallest absolute Gasteiger partial charge is 0.136 e. The Balaban J connectivity index is 2.74. The Morgan fingerprint density at radius 1 is 1.44 bits per heavy atom. The lowest BCUT2D eigenvalue weighted by molar-refractivity contribution is 0.445. The molecule has 0 amide bonds. The molecule has 0 radical (unpaired) electrons. The Bertz CT molecular complexity index is 306. The van der Waals surface area contributed by atoms with E-state index in [0.29, 0.717) is 5.92 Å². The lowest BCUT2D eigenvalue weighted by Crippen LogP contribution is -2.42. The van der Waals surface area contributed by atoms with Gasteiger partial charge in [-0.2, -0.15) is 0 Å². The average molecular weight is 243 g/mol. The van der Waals surface area contributed by atoms with Crippen molar-refractivity contribution in [1.82, 2.24) is 14.7 Å². The molecule has 0 bridgehead atoms. The fraction of sp³-hybridized carbons (Fsp3) is 0.727. The van der Waals surface area contributed by atoms with Gasteiger partial charge >= 0.3 is 0 Å². The number of H-pyrrole nitrogens is 1. The Kier molecular flexibility index (Phi) is 4.41. The van der Waals surface area contributed by atoms with Gasteiger partial charge < -0.3 is 9.54 Å². The molecule has 0 aliphatic heterocycles. The van der Waals surface area contributed by atoms with E-state index in [4.69, 9.17) is 0 Å². The zero-order valence-electron chi connectivity index (χ0n) is 10.6. The second-order valence-corrected chi connectivity index (χ2v) is 7.21. The van der Waals surface area contributed by atoms with Crippen LogP contribution in [-0.2, 0) is 11.4 Å². The summed E-state index contributed by atoms with van der Waals surface area (Å²) in [6, 6.07) is 0.0197. The molecule has 1 aromatic heterocycles. The highest BCUT2D eigenvalue weighted by molar-refractivity contribution is 7.90. The van der Waals surface area contributed by atoms with Crippen LogP contribution in [0, 0.1) is 5.92 Å². The van der Waals surface area contributed by atoms with Crippen LogP contribution in [0.1, 0.15) is 46.4 Å². The second-order valence-electron chi connectivity index (χ2n) is 5.21. The van der Waals surface area contributed by atoms with E-state index >= 15 is 0 Å². The summed E-state index contributed by atoms with van der Waals surface area (Å²) in [5.41, 5.74) is 0.910. The average Bonchev–Trinajstić information content (AvgIpc) is 2.63. The highest BCUT2D eigenvalue weighted by atomic mass is 32.2. The Labute approximate surface area is 101 Å². The van der Waals surface area contributed by atoms with E-state index in [1.54, 1.807) is 6.33 Å². The third-order valence-electron chi connectivity index (χ3n) is 2.29. The third-order valence-corrected chi connectivity index (χ3v) is 3.88. The first-order chi connectivity index (χ1) is 7.32. The van der Waals surface area contributed by atoms with E-state index in [0.717, 1.165) is 5.69 Å². The quantitative estimate of drug-likeness (QED) is 0.796. The summed E-state index contributed by atoms with van der Waals surface area (Å²) in [5.74, 6) is 0.342. The molecule has 0 saturated carbocycles. The van der Waals surface area contributed by atoms with E-state index in [2.05, 4.69) is 28.5 Å². The molecule has 92 valence electrons. The van der Waals surface area contributed by atoms with E-state index < -0.39 is 11.4 Å². The molecule has 16 heavy (non-hydrogen) atoms. The van der Waals surface area contributed by atoms with Crippen molar-refractivity contribution in [2.24, 2.45) is 5.92 Å². The summed E-state index contributed by atoms with van der Waals surface area (Å²) < 4.78 is 14.9. The zero-order valence-corrected chi connectivity index (χ0v) is 11.4. The summed E-state index contributed by atoms with van der Waals surface area (Å²) >= 11 is -1.08. The van der Waals surface area contributed by atoms with Crippen molar-refractivity contribution in [3.05, 3.63) is 18.2 Å². The van der Waals surface area contributed by atoms with Gasteiger partial charge in [-0.05, 0) is 26.7 Å². The van der Waals surface area contributed by atoms with Gasteiger partial charge in [0.15, 0.2) is 0 Å². The minimum atomic E-state index is -1.08. The van der Waals surface area contributed by atoms with Gasteiger partial charge in [0.2, 0.25) is 0 Å². The molecule has 0 aliphatic carbocycles. The minimum absolute atomic E-state index is 0.0197. The van der Waals surface area contributed by atoms with Crippen molar-refractivity contribution in [2.75, 3.05) is 0 Å². The first-order valence-corrected chi connectivity index (χ1v) is 6.64. The molecule has 0 saturated heterocycles. The molecule has 1 rings (SSSR count). The summed E-state index contributed by atoms with van der Waals surface area (Å²) in [7, 11) is 0. The minimum Gasteiger partial charge on any atom is -0.598 e. The fourth-order valence-electron chi connectivity index (χ4n) is 1.27. The number of aromatic nitrogens is 2. The summed E-state index contributed by atoms with van der Waals surface area (Å²) in [6.07, 6.45) is 3.49. The highest BCUT2D eigenvalue weighted by Crippen LogP contribution is 2.23. The van der Waals surface area contributed by atoms with Crippen LogP contribution in [0.2, 0.25) is 0 Å². The second kappa shape index (κ2) is 5.21. The number of aromatic amines is 1. The zero-order chi connectivity index (χ0) is 12.3. The van der Waals surface area contributed by atoms with Crippen molar-refractivity contribution in [2.45, 2.75) is 45.4 Å². The molecule has 0 spiro atoms. The van der Waals surface area contributed by atoms with Gasteiger partial charge in [-0.15, -0.1) is 4.72 Å². The highest BCUT2D eigenvalue weighted by Gasteiger charge is 2.31. The van der Waals surface area contributed by atoms with Gasteiger partial charge in [0, 0.05) is 17.6 Å². The molecule has 0 aliphatic rings. The van der Waals surface area contributed by atoms with E-state index in [-0.39, 0.29) is 10.8 Å². The molecule has 1 aromatic rings. The maximum atomic E-state index is 12.0. The Hall–Kier alpha value is -0.520. The van der Waals surface area contributed by atoms with Gasteiger partial charge in [0.05, 0.1) is 18.1 Å². The first kappa shape index (κ1) is 13.5. The Morgan fingerprint density at radius 3 is 2.44 bits per heavy atom. The number of hydrogen-bond acceptors (Lipinski definition) is 3. The van der Waals surface area contributed by atoms with Crippen LogP contribution in [0.5, 0.6) is 0 Å². The number of imidazole rings is 1. The normalized spacial score (nSPS) is 16.4. The van der Waals surface area contributed by atoms with Gasteiger partial charge in [-0.3, -0.25) is 0 Å². The monoisotopic (exact) mass is 243 g/mol. The lowest BCUT2D eigenvalue weighted by atomic mass is 10.0. The van der Waals surface area contributed by atoms with Crippen LogP contribution in [0.4, 0.5) is 0 Å². The molecule has 2 atom stereocenters. The van der Waals surface area contributed by atoms with E-state index in [1.165, 1.54) is 0 Å². The molecule has 0 fully saturated rings. The number of nitrogens with one attached hydrogen (secondary N) is 2. The van der Waals surface area contributed by atoms with Crippen LogP contribution < -0.4 is 4.72 Å². The van der Waals surface area contributed by atoms with Crippen LogP contribution >= 0.6 is 0 Å². The summed E-state index contributed by atoms with van der Waals surface area (Å²) in [5, 5.41) is 0. The van der Waals surface area contributed by atoms with Crippen molar-refractivity contribution in [3.63, 3.8) is 0 Å². The summed E-state index contributed by atoms with van der Waals surface area (Å²) in [4.78, 5) is 7.15. The molecule has 2 N–H and O–H groups in total. The molecule has 1 unspecified atom stereocenters. The lowest BCUT2D eigenvalue weighted by Gasteiger charge is -2.28. The topological polar surface area (TPSA) is 63.8 Å². The largest absolute Gasteiger partial charge is 0.598 e. The van der Waals surface area contributed by atoms with Gasteiger partial charge in [-0.1, -0.05) is 13.8 Å². The first-order valence-electron chi connectivity index (χ1n) is 5.49. The number of nitrogens with zero attached hydrogens (tertiary/aromatic N) is 1. The fourth-order valence-corrected chi connectivity index (χ4v) is 2.25. The van der Waals surface area contributed by atoms with Crippen molar-refractivity contribution in [1.29, 1.82) is 0 Å². The van der Waals surface area contributed by atoms with Crippen LogP contribution in [0.25, 0.3) is 0 Å². The Morgan fingerprint density at radius 2 is 2.06 bits per heavy atom. The predicted octanol–water partition coefficient (Wildman–Crippen LogP) is 2.16. The molecule has 0 aromatic carbocycles. The van der Waals surface area contributed by atoms with Crippen LogP contribution in [0.3, 0.4) is 0 Å². The molecule has 5 heteroatoms. The molecular weight excluding hydrogens is 222 g/mol. The maximum Gasteiger partial charge on any atom is 0.136 e. The number of hydrogen-bond donors (Lipinski definition) is 2. The van der Waals surface area contributed by atoms with Gasteiger partial charge in [-0.25, -0.2) is 4.98 Å². The van der Waals surface area contributed by atoms with Gasteiger partial charge in [0.1, 0.15) is 4.75 Å².